The van der Waals surface area contributed by atoms with E-state index in [0.29, 0.717) is 31.5 Å². The Morgan fingerprint density at radius 1 is 1.02 bits per heavy atom. The second kappa shape index (κ2) is 9.97. The van der Waals surface area contributed by atoms with Crippen LogP contribution >= 0.6 is 0 Å². The lowest BCUT2D eigenvalue weighted by molar-refractivity contribution is -0.208. The number of carbonyl (C=O) groups is 1. The van der Waals surface area contributed by atoms with E-state index >= 15 is 0 Å². The molecule has 2 heterocycles. The summed E-state index contributed by atoms with van der Waals surface area (Å²) in [6.45, 7) is 9.54. The number of fused-ring (bicyclic) bond motifs is 4. The molecule has 220 valence electrons. The highest BCUT2D eigenvalue weighted by atomic mass is 16.7. The molecule has 1 N–H and O–H groups in total. The van der Waals surface area contributed by atoms with Crippen LogP contribution in [0.4, 0.5) is 5.69 Å². The molecule has 0 bridgehead atoms. The Kier molecular flexibility index (Phi) is 6.73. The Balaban J connectivity index is 1.33. The van der Waals surface area contributed by atoms with Crippen molar-refractivity contribution >= 4 is 11.5 Å². The van der Waals surface area contributed by atoms with Crippen molar-refractivity contribution in [3.63, 3.8) is 0 Å². The fraction of sp³-hybridized carbons (Fsp3) is 0.694. The highest BCUT2D eigenvalue weighted by molar-refractivity contribution is 5.87. The number of anilines is 1. The van der Waals surface area contributed by atoms with Crippen LogP contribution in [0.25, 0.3) is 0 Å². The van der Waals surface area contributed by atoms with Crippen molar-refractivity contribution in [2.24, 2.45) is 22.7 Å². The van der Waals surface area contributed by atoms with Crippen molar-refractivity contribution in [1.82, 2.24) is 0 Å². The number of allylic oxidation sites excluding steroid dienone is 1. The zero-order valence-electron chi connectivity index (χ0n) is 25.3. The monoisotopic (exact) mass is 557 g/mol. The molecule has 0 aromatic heterocycles. The average Bonchev–Trinajstić information content (AvgIpc) is 3.54. The first kappa shape index (κ1) is 27.7. The molecule has 0 amide bonds. The van der Waals surface area contributed by atoms with E-state index < -0.39 is 16.8 Å². The van der Waals surface area contributed by atoms with Gasteiger partial charge in [-0.25, -0.2) is 0 Å². The lowest BCUT2D eigenvalue weighted by Crippen LogP contribution is -2.55. The molecule has 1 aromatic rings. The fourth-order valence-electron chi connectivity index (χ4n) is 10.5. The van der Waals surface area contributed by atoms with E-state index in [4.69, 9.17) is 9.47 Å². The Bertz CT molecular complexity index is 1290. The van der Waals surface area contributed by atoms with Gasteiger partial charge in [-0.15, -0.1) is 5.92 Å². The van der Waals surface area contributed by atoms with Crippen LogP contribution in [0.15, 0.2) is 35.4 Å². The minimum atomic E-state index is -0.881. The summed E-state index contributed by atoms with van der Waals surface area (Å²) in [5.74, 6) is 7.24. The first-order valence-electron chi connectivity index (χ1n) is 16.3. The molecule has 2 unspecified atom stereocenters. The smallest absolute Gasteiger partial charge is 0.171 e. The minimum Gasteiger partial charge on any atom is -0.385 e. The number of ketones is 1. The largest absolute Gasteiger partial charge is 0.385 e. The van der Waals surface area contributed by atoms with Crippen LogP contribution in [-0.4, -0.2) is 48.6 Å². The molecule has 5 fully saturated rings. The molecule has 4 aliphatic carbocycles. The first-order valence-corrected chi connectivity index (χ1v) is 16.3. The van der Waals surface area contributed by atoms with E-state index in [-0.39, 0.29) is 17.1 Å². The summed E-state index contributed by atoms with van der Waals surface area (Å²) in [5, 5.41) is 12.3. The Morgan fingerprint density at radius 3 is 2.44 bits per heavy atom. The van der Waals surface area contributed by atoms with Gasteiger partial charge in [0.15, 0.2) is 5.79 Å². The molecular weight excluding hydrogens is 510 g/mol. The maximum atomic E-state index is 13.5. The number of hydrogen-bond donors (Lipinski definition) is 1. The molecular formula is C36H47NO4. The predicted molar refractivity (Wildman–Crippen MR) is 160 cm³/mol. The zero-order valence-corrected chi connectivity index (χ0v) is 25.3. The van der Waals surface area contributed by atoms with Gasteiger partial charge in [-0.1, -0.05) is 30.6 Å². The highest BCUT2D eigenvalue weighted by Crippen LogP contribution is 2.70. The third-order valence-corrected chi connectivity index (χ3v) is 12.4. The van der Waals surface area contributed by atoms with Gasteiger partial charge in [-0.05, 0) is 112 Å². The van der Waals surface area contributed by atoms with E-state index in [9.17, 15) is 9.90 Å². The van der Waals surface area contributed by atoms with E-state index in [1.165, 1.54) is 41.7 Å². The van der Waals surface area contributed by atoms with Crippen molar-refractivity contribution in [3.05, 3.63) is 41.0 Å². The summed E-state index contributed by atoms with van der Waals surface area (Å²) in [5.41, 5.74) is 3.70. The summed E-state index contributed by atoms with van der Waals surface area (Å²) >= 11 is 0. The summed E-state index contributed by atoms with van der Waals surface area (Å²) in [6, 6.07) is 9.33. The van der Waals surface area contributed by atoms with E-state index in [1.807, 2.05) is 6.92 Å². The van der Waals surface area contributed by atoms with Crippen molar-refractivity contribution in [2.75, 3.05) is 31.2 Å². The van der Waals surface area contributed by atoms with Gasteiger partial charge < -0.3 is 19.5 Å². The standard InChI is InChI=1S/C36H47NO4/c1-4-15-34(25(2)38)16-13-30-28-12-17-35(39)24-36(40-21-22-41-36)18-14-31(35)32(28)29(23-33(30,34)3)26-8-10-27(11-9-26)37-19-6-5-7-20-37/h8-11,28-30,39H,5-7,12-14,16-24H2,1-3H3/t28-,29?,30-,33-,34+,35?/m0/s1. The van der Waals surface area contributed by atoms with Crippen LogP contribution in [0, 0.1) is 34.5 Å². The number of carbonyl (C=O) groups excluding carboxylic acids is 1. The number of ether oxygens (including phenoxy) is 2. The maximum Gasteiger partial charge on any atom is 0.171 e. The lowest BCUT2D eigenvalue weighted by Gasteiger charge is -2.57. The van der Waals surface area contributed by atoms with Crippen molar-refractivity contribution in [3.8, 4) is 11.8 Å². The molecule has 6 aliphatic rings. The van der Waals surface area contributed by atoms with Gasteiger partial charge in [0.2, 0.25) is 0 Å². The molecule has 1 spiro atoms. The van der Waals surface area contributed by atoms with Gasteiger partial charge >= 0.3 is 0 Å². The van der Waals surface area contributed by atoms with Crippen LogP contribution in [-0.2, 0) is 14.3 Å². The van der Waals surface area contributed by atoms with Crippen molar-refractivity contribution in [1.29, 1.82) is 0 Å². The normalized spacial score (nSPS) is 39.5. The number of benzene rings is 1. The van der Waals surface area contributed by atoms with Gasteiger partial charge in [-0.2, -0.15) is 0 Å². The molecule has 5 nitrogen and oxygen atoms in total. The van der Waals surface area contributed by atoms with E-state index in [0.717, 1.165) is 58.0 Å². The fourth-order valence-corrected chi connectivity index (χ4v) is 10.5. The molecule has 7 rings (SSSR count). The summed E-state index contributed by atoms with van der Waals surface area (Å²) in [7, 11) is 0. The molecule has 6 atom stereocenters. The number of Topliss-reactive ketones (excluding diaryl/α,β-unsaturated/α-hetero) is 1. The Labute approximate surface area is 246 Å². The quantitative estimate of drug-likeness (QED) is 0.338. The van der Waals surface area contributed by atoms with Crippen LogP contribution in [0.3, 0.4) is 0 Å². The Hall–Kier alpha value is -2.13. The number of rotatable bonds is 3. The summed E-state index contributed by atoms with van der Waals surface area (Å²) in [4.78, 5) is 16.0. The van der Waals surface area contributed by atoms with Crippen LogP contribution in [0.1, 0.15) is 103 Å². The zero-order chi connectivity index (χ0) is 28.5. The second-order valence-corrected chi connectivity index (χ2v) is 14.2. The lowest BCUT2D eigenvalue weighted by atomic mass is 9.47. The third-order valence-electron chi connectivity index (χ3n) is 12.4. The number of hydrogen-bond acceptors (Lipinski definition) is 5. The maximum absolute atomic E-state index is 13.5. The van der Waals surface area contributed by atoms with Crippen molar-refractivity contribution in [2.45, 2.75) is 109 Å². The highest BCUT2D eigenvalue weighted by Gasteiger charge is 2.66. The van der Waals surface area contributed by atoms with Crippen LogP contribution < -0.4 is 4.90 Å². The molecule has 5 heteroatoms. The predicted octanol–water partition coefficient (Wildman–Crippen LogP) is 6.54. The molecule has 3 saturated carbocycles. The third kappa shape index (κ3) is 4.11. The van der Waals surface area contributed by atoms with Gasteiger partial charge in [0.05, 0.1) is 24.2 Å². The summed E-state index contributed by atoms with van der Waals surface area (Å²) in [6.07, 6.45) is 10.5. The first-order chi connectivity index (χ1) is 19.7. The number of piperidine rings is 1. The minimum absolute atomic E-state index is 0.174. The van der Waals surface area contributed by atoms with Gasteiger partial charge in [0.1, 0.15) is 5.78 Å². The summed E-state index contributed by atoms with van der Waals surface area (Å²) < 4.78 is 12.2. The Morgan fingerprint density at radius 2 is 1.76 bits per heavy atom. The van der Waals surface area contributed by atoms with E-state index in [2.05, 4.69) is 47.9 Å². The molecule has 41 heavy (non-hydrogen) atoms. The van der Waals surface area contributed by atoms with Crippen LogP contribution in [0.5, 0.6) is 0 Å². The second-order valence-electron chi connectivity index (χ2n) is 14.2. The van der Waals surface area contributed by atoms with Gasteiger partial charge in [0, 0.05) is 37.5 Å². The molecule has 1 aromatic carbocycles. The number of nitrogens with zero attached hydrogens (tertiary/aromatic N) is 1. The van der Waals surface area contributed by atoms with Crippen LogP contribution in [0.2, 0.25) is 0 Å². The van der Waals surface area contributed by atoms with Gasteiger partial charge in [-0.3, -0.25) is 4.79 Å². The number of aliphatic hydroxyl groups is 1. The average molecular weight is 558 g/mol. The molecule has 0 radical (unpaired) electrons. The SMILES string of the molecule is CC#C[C@]1(C(C)=O)CC[C@H]2[C@@H]3CCC4(O)CC5(CCC4=C3C(c3ccc(N4CCCCC4)cc3)C[C@@]21C)OCCO5. The van der Waals surface area contributed by atoms with Gasteiger partial charge in [0.25, 0.3) is 0 Å². The topological polar surface area (TPSA) is 59.0 Å². The van der Waals surface area contributed by atoms with Crippen molar-refractivity contribution < 1.29 is 19.4 Å². The molecule has 2 aliphatic heterocycles. The molecule has 2 saturated heterocycles. The van der Waals surface area contributed by atoms with E-state index in [1.54, 1.807) is 6.92 Å².